The number of nitrogens with zero attached hydrogens (tertiary/aromatic N) is 1. The number of likely N-dealkylation sites (tertiary alicyclic amines) is 1. The highest BCUT2D eigenvalue weighted by atomic mass is 32.2. The molecule has 1 saturated carbocycles. The van der Waals surface area contributed by atoms with Gasteiger partial charge in [0.1, 0.15) is 0 Å². The van der Waals surface area contributed by atoms with E-state index in [9.17, 15) is 9.59 Å². The van der Waals surface area contributed by atoms with Crippen LogP contribution in [-0.4, -0.2) is 40.8 Å². The van der Waals surface area contributed by atoms with Gasteiger partial charge in [-0.2, -0.15) is 0 Å². The van der Waals surface area contributed by atoms with E-state index in [1.807, 2.05) is 4.90 Å². The van der Waals surface area contributed by atoms with Gasteiger partial charge in [-0.3, -0.25) is 15.0 Å². The third-order valence-corrected chi connectivity index (χ3v) is 5.46. The second-order valence-electron chi connectivity index (χ2n) is 5.38. The molecule has 0 radical (unpaired) electrons. The first-order valence-electron chi connectivity index (χ1n) is 7.10. The van der Waals surface area contributed by atoms with Crippen LogP contribution in [-0.2, 0) is 9.59 Å². The van der Waals surface area contributed by atoms with Gasteiger partial charge in [0.15, 0.2) is 0 Å². The second kappa shape index (κ2) is 7.14. The fourth-order valence-electron chi connectivity index (χ4n) is 2.84. The molecule has 5 nitrogen and oxygen atoms in total. The number of carbonyl (C=O) groups is 2. The molecule has 1 heterocycles. The van der Waals surface area contributed by atoms with Crippen molar-refractivity contribution < 1.29 is 9.59 Å². The Morgan fingerprint density at radius 1 is 1.16 bits per heavy atom. The maximum Gasteiger partial charge on any atom is 0.237 e. The number of amides is 2. The largest absolute Gasteiger partial charge is 0.342 e. The lowest BCUT2D eigenvalue weighted by atomic mass is 9.96. The van der Waals surface area contributed by atoms with E-state index in [1.54, 1.807) is 11.8 Å². The molecule has 3 N–H and O–H groups in total. The number of nitrogens with two attached hydrogens (primary N) is 1. The summed E-state index contributed by atoms with van der Waals surface area (Å²) in [4.78, 5) is 25.4. The monoisotopic (exact) mass is 285 g/mol. The molecule has 0 unspecified atom stereocenters. The summed E-state index contributed by atoms with van der Waals surface area (Å²) < 4.78 is 0. The first-order chi connectivity index (χ1) is 9.20. The van der Waals surface area contributed by atoms with Crippen LogP contribution in [0, 0.1) is 5.92 Å². The van der Waals surface area contributed by atoms with Crippen molar-refractivity contribution in [2.75, 3.05) is 18.8 Å². The van der Waals surface area contributed by atoms with Gasteiger partial charge in [0.2, 0.25) is 11.8 Å². The zero-order chi connectivity index (χ0) is 13.7. The minimum atomic E-state index is -0.104. The molecule has 108 valence electrons. The van der Waals surface area contributed by atoms with Gasteiger partial charge in [-0.25, -0.2) is 5.84 Å². The van der Waals surface area contributed by atoms with Crippen LogP contribution in [0.2, 0.25) is 0 Å². The van der Waals surface area contributed by atoms with Gasteiger partial charge < -0.3 is 4.90 Å². The Hall–Kier alpha value is -0.750. The average molecular weight is 285 g/mol. The summed E-state index contributed by atoms with van der Waals surface area (Å²) in [5, 5.41) is 0.685. The molecule has 2 rings (SSSR count). The SMILES string of the molecule is NNC(=O)C1CCN(C(=O)CSC2CCCC2)CC1. The first kappa shape index (κ1) is 14.7. The Labute approximate surface area is 118 Å². The van der Waals surface area contributed by atoms with Crippen molar-refractivity contribution in [3.05, 3.63) is 0 Å². The van der Waals surface area contributed by atoms with E-state index in [1.165, 1.54) is 25.7 Å². The van der Waals surface area contributed by atoms with E-state index in [0.29, 0.717) is 24.1 Å². The van der Waals surface area contributed by atoms with Crippen LogP contribution in [0.3, 0.4) is 0 Å². The molecule has 0 spiro atoms. The number of thioether (sulfide) groups is 1. The number of carbonyl (C=O) groups excluding carboxylic acids is 2. The van der Waals surface area contributed by atoms with E-state index in [4.69, 9.17) is 5.84 Å². The van der Waals surface area contributed by atoms with Crippen LogP contribution in [0.1, 0.15) is 38.5 Å². The van der Waals surface area contributed by atoms with Crippen molar-refractivity contribution in [1.82, 2.24) is 10.3 Å². The molecule has 0 aromatic heterocycles. The molecule has 0 atom stereocenters. The predicted molar refractivity (Wildman–Crippen MR) is 76.3 cm³/mol. The highest BCUT2D eigenvalue weighted by molar-refractivity contribution is 8.00. The highest BCUT2D eigenvalue weighted by Crippen LogP contribution is 2.29. The number of rotatable bonds is 4. The summed E-state index contributed by atoms with van der Waals surface area (Å²) >= 11 is 1.81. The smallest absolute Gasteiger partial charge is 0.237 e. The van der Waals surface area contributed by atoms with E-state index >= 15 is 0 Å². The lowest BCUT2D eigenvalue weighted by Gasteiger charge is -2.31. The van der Waals surface area contributed by atoms with E-state index in [-0.39, 0.29) is 17.7 Å². The van der Waals surface area contributed by atoms with Crippen LogP contribution in [0.15, 0.2) is 0 Å². The predicted octanol–water partition coefficient (Wildman–Crippen LogP) is 0.891. The number of hydrogen-bond acceptors (Lipinski definition) is 4. The van der Waals surface area contributed by atoms with E-state index in [0.717, 1.165) is 12.8 Å². The normalized spacial score (nSPS) is 21.6. The molecular formula is C13H23N3O2S. The molecule has 19 heavy (non-hydrogen) atoms. The van der Waals surface area contributed by atoms with Gasteiger partial charge in [0.05, 0.1) is 5.75 Å². The molecule has 1 saturated heterocycles. The third kappa shape index (κ3) is 4.11. The van der Waals surface area contributed by atoms with Gasteiger partial charge in [-0.05, 0) is 25.7 Å². The molecule has 0 aromatic carbocycles. The molecule has 1 aliphatic carbocycles. The number of nitrogens with one attached hydrogen (secondary N) is 1. The van der Waals surface area contributed by atoms with Crippen molar-refractivity contribution in [1.29, 1.82) is 0 Å². The molecule has 0 bridgehead atoms. The quantitative estimate of drug-likeness (QED) is 0.457. The molecular weight excluding hydrogens is 262 g/mol. The number of hydrogen-bond donors (Lipinski definition) is 2. The minimum Gasteiger partial charge on any atom is -0.342 e. The van der Waals surface area contributed by atoms with Crippen LogP contribution >= 0.6 is 11.8 Å². The summed E-state index contributed by atoms with van der Waals surface area (Å²) in [7, 11) is 0. The minimum absolute atomic E-state index is 0.0310. The first-order valence-corrected chi connectivity index (χ1v) is 8.15. The maximum atomic E-state index is 12.1. The van der Waals surface area contributed by atoms with Crippen LogP contribution in [0.25, 0.3) is 0 Å². The Morgan fingerprint density at radius 3 is 2.37 bits per heavy atom. The van der Waals surface area contributed by atoms with Crippen LogP contribution in [0.5, 0.6) is 0 Å². The van der Waals surface area contributed by atoms with Crippen LogP contribution in [0.4, 0.5) is 0 Å². The zero-order valence-corrected chi connectivity index (χ0v) is 12.1. The maximum absolute atomic E-state index is 12.1. The van der Waals surface area contributed by atoms with Gasteiger partial charge in [-0.15, -0.1) is 11.8 Å². The topological polar surface area (TPSA) is 75.4 Å². The summed E-state index contributed by atoms with van der Waals surface area (Å²) in [5.74, 6) is 5.82. The molecule has 0 aromatic rings. The number of hydrazine groups is 1. The molecule has 2 fully saturated rings. The second-order valence-corrected chi connectivity index (χ2v) is 6.67. The molecule has 2 amide bonds. The van der Waals surface area contributed by atoms with Gasteiger partial charge in [-0.1, -0.05) is 12.8 Å². The fourth-order valence-corrected chi connectivity index (χ4v) is 4.07. The summed E-state index contributed by atoms with van der Waals surface area (Å²) in [6.07, 6.45) is 6.59. The molecule has 1 aliphatic heterocycles. The zero-order valence-electron chi connectivity index (χ0n) is 11.3. The summed E-state index contributed by atoms with van der Waals surface area (Å²) in [5.41, 5.74) is 2.19. The summed E-state index contributed by atoms with van der Waals surface area (Å²) in [6.45, 7) is 1.37. The standard InChI is InChI=1S/C13H23N3O2S/c14-15-13(18)10-5-7-16(8-6-10)12(17)9-19-11-3-1-2-4-11/h10-11H,1-9,14H2,(H,15,18). The van der Waals surface area contributed by atoms with Crippen molar-refractivity contribution >= 4 is 23.6 Å². The Bertz CT molecular complexity index is 324. The number of piperidine rings is 1. The average Bonchev–Trinajstić information content (AvgIpc) is 2.97. The van der Waals surface area contributed by atoms with Crippen molar-refractivity contribution in [3.63, 3.8) is 0 Å². The van der Waals surface area contributed by atoms with Crippen LogP contribution < -0.4 is 11.3 Å². The lowest BCUT2D eigenvalue weighted by molar-refractivity contribution is -0.133. The summed E-state index contributed by atoms with van der Waals surface area (Å²) in [6, 6.07) is 0. The Kier molecular flexibility index (Phi) is 5.51. The van der Waals surface area contributed by atoms with E-state index < -0.39 is 0 Å². The fraction of sp³-hybridized carbons (Fsp3) is 0.846. The Morgan fingerprint density at radius 2 is 1.79 bits per heavy atom. The highest BCUT2D eigenvalue weighted by Gasteiger charge is 2.27. The van der Waals surface area contributed by atoms with Crippen molar-refractivity contribution in [2.24, 2.45) is 11.8 Å². The third-order valence-electron chi connectivity index (χ3n) is 4.11. The van der Waals surface area contributed by atoms with Gasteiger partial charge >= 0.3 is 0 Å². The van der Waals surface area contributed by atoms with Gasteiger partial charge in [0, 0.05) is 24.3 Å². The van der Waals surface area contributed by atoms with Gasteiger partial charge in [0.25, 0.3) is 0 Å². The Balaban J connectivity index is 1.68. The molecule has 2 aliphatic rings. The lowest BCUT2D eigenvalue weighted by Crippen LogP contribution is -2.45. The molecule has 6 heteroatoms. The van der Waals surface area contributed by atoms with Crippen molar-refractivity contribution in [2.45, 2.75) is 43.8 Å². The van der Waals surface area contributed by atoms with Crippen molar-refractivity contribution in [3.8, 4) is 0 Å². The van der Waals surface area contributed by atoms with E-state index in [2.05, 4.69) is 5.43 Å².